The summed E-state index contributed by atoms with van der Waals surface area (Å²) >= 11 is 0. The Morgan fingerprint density at radius 1 is 1.19 bits per heavy atom. The van der Waals surface area contributed by atoms with Crippen LogP contribution in [0.3, 0.4) is 0 Å². The molecule has 21 heavy (non-hydrogen) atoms. The Labute approximate surface area is 124 Å². The van der Waals surface area contributed by atoms with Gasteiger partial charge in [0.25, 0.3) is 0 Å². The molecule has 0 aliphatic heterocycles. The lowest BCUT2D eigenvalue weighted by Gasteiger charge is -2.15. The molecule has 2 rings (SSSR count). The summed E-state index contributed by atoms with van der Waals surface area (Å²) in [5.41, 5.74) is 2.60. The van der Waals surface area contributed by atoms with Crippen molar-refractivity contribution in [2.75, 3.05) is 11.9 Å². The Kier molecular flexibility index (Phi) is 4.93. The zero-order valence-electron chi connectivity index (χ0n) is 12.2. The van der Waals surface area contributed by atoms with Crippen molar-refractivity contribution in [3.63, 3.8) is 0 Å². The van der Waals surface area contributed by atoms with Gasteiger partial charge in [-0.25, -0.2) is 4.39 Å². The molecule has 0 spiro atoms. The van der Waals surface area contributed by atoms with Crippen molar-refractivity contribution < 1.29 is 9.18 Å². The minimum absolute atomic E-state index is 0.0465. The third kappa shape index (κ3) is 4.31. The highest BCUT2D eigenvalue weighted by molar-refractivity contribution is 5.81. The molecular formula is C17H19FN2O. The Bertz CT molecular complexity index is 613. The smallest absolute Gasteiger partial charge is 0.239 e. The van der Waals surface area contributed by atoms with Gasteiger partial charge < -0.3 is 10.6 Å². The van der Waals surface area contributed by atoms with E-state index in [1.54, 1.807) is 13.0 Å². The van der Waals surface area contributed by atoms with Crippen LogP contribution in [0.2, 0.25) is 0 Å². The second-order valence-corrected chi connectivity index (χ2v) is 5.01. The lowest BCUT2D eigenvalue weighted by atomic mass is 10.1. The summed E-state index contributed by atoms with van der Waals surface area (Å²) in [7, 11) is 0. The SMILES string of the molecule is Cc1cc(F)ccc1NCC(=O)NC(C)c1ccccc1. The van der Waals surface area contributed by atoms with Crippen LogP contribution in [0.25, 0.3) is 0 Å². The Morgan fingerprint density at radius 2 is 1.90 bits per heavy atom. The molecule has 110 valence electrons. The summed E-state index contributed by atoms with van der Waals surface area (Å²) in [6, 6.07) is 14.2. The van der Waals surface area contributed by atoms with Crippen LogP contribution in [-0.4, -0.2) is 12.5 Å². The number of nitrogens with one attached hydrogen (secondary N) is 2. The van der Waals surface area contributed by atoms with Gasteiger partial charge in [-0.15, -0.1) is 0 Å². The van der Waals surface area contributed by atoms with Gasteiger partial charge in [0.2, 0.25) is 5.91 Å². The van der Waals surface area contributed by atoms with E-state index in [1.807, 2.05) is 37.3 Å². The first-order valence-electron chi connectivity index (χ1n) is 6.90. The first kappa shape index (κ1) is 15.0. The Hall–Kier alpha value is -2.36. The van der Waals surface area contributed by atoms with Gasteiger partial charge in [0.05, 0.1) is 12.6 Å². The van der Waals surface area contributed by atoms with Crippen molar-refractivity contribution in [2.45, 2.75) is 19.9 Å². The maximum absolute atomic E-state index is 13.0. The van der Waals surface area contributed by atoms with E-state index < -0.39 is 0 Å². The number of hydrogen-bond acceptors (Lipinski definition) is 2. The first-order valence-corrected chi connectivity index (χ1v) is 6.90. The molecule has 1 atom stereocenters. The number of aryl methyl sites for hydroxylation is 1. The average Bonchev–Trinajstić information content (AvgIpc) is 2.47. The fourth-order valence-electron chi connectivity index (χ4n) is 2.12. The average molecular weight is 286 g/mol. The van der Waals surface area contributed by atoms with Crippen LogP contribution in [0.1, 0.15) is 24.1 Å². The van der Waals surface area contributed by atoms with Gasteiger partial charge in [0.1, 0.15) is 5.82 Å². The molecule has 0 heterocycles. The minimum Gasteiger partial charge on any atom is -0.376 e. The molecule has 0 saturated carbocycles. The second kappa shape index (κ2) is 6.88. The topological polar surface area (TPSA) is 41.1 Å². The first-order chi connectivity index (χ1) is 10.1. The highest BCUT2D eigenvalue weighted by Crippen LogP contribution is 2.15. The Morgan fingerprint density at radius 3 is 2.57 bits per heavy atom. The van der Waals surface area contributed by atoms with Crippen molar-refractivity contribution >= 4 is 11.6 Å². The number of carbonyl (C=O) groups excluding carboxylic acids is 1. The molecule has 0 bridgehead atoms. The molecule has 2 aromatic rings. The molecule has 2 N–H and O–H groups in total. The quantitative estimate of drug-likeness (QED) is 0.884. The van der Waals surface area contributed by atoms with Crippen molar-refractivity contribution in [1.29, 1.82) is 0 Å². The molecule has 1 unspecified atom stereocenters. The summed E-state index contributed by atoms with van der Waals surface area (Å²) in [5, 5.41) is 5.94. The number of benzene rings is 2. The van der Waals surface area contributed by atoms with Crippen LogP contribution >= 0.6 is 0 Å². The van der Waals surface area contributed by atoms with Crippen LogP contribution in [0, 0.1) is 12.7 Å². The summed E-state index contributed by atoms with van der Waals surface area (Å²) in [4.78, 5) is 11.9. The lowest BCUT2D eigenvalue weighted by Crippen LogP contribution is -2.32. The van der Waals surface area contributed by atoms with E-state index in [4.69, 9.17) is 0 Å². The van der Waals surface area contributed by atoms with Gasteiger partial charge in [-0.1, -0.05) is 30.3 Å². The van der Waals surface area contributed by atoms with E-state index in [0.717, 1.165) is 16.8 Å². The lowest BCUT2D eigenvalue weighted by molar-refractivity contribution is -0.120. The summed E-state index contributed by atoms with van der Waals surface area (Å²) in [5.74, 6) is -0.379. The van der Waals surface area contributed by atoms with Gasteiger partial charge in [0.15, 0.2) is 0 Å². The van der Waals surface area contributed by atoms with E-state index in [2.05, 4.69) is 10.6 Å². The van der Waals surface area contributed by atoms with E-state index in [9.17, 15) is 9.18 Å². The fraction of sp³-hybridized carbons (Fsp3) is 0.235. The number of hydrogen-bond donors (Lipinski definition) is 2. The van der Waals surface area contributed by atoms with Crippen molar-refractivity contribution in [3.8, 4) is 0 Å². The van der Waals surface area contributed by atoms with Gasteiger partial charge in [0, 0.05) is 5.69 Å². The van der Waals surface area contributed by atoms with Gasteiger partial charge >= 0.3 is 0 Å². The van der Waals surface area contributed by atoms with Gasteiger partial charge in [-0.2, -0.15) is 0 Å². The molecule has 2 aromatic carbocycles. The van der Waals surface area contributed by atoms with Crippen LogP contribution in [0.5, 0.6) is 0 Å². The molecule has 3 nitrogen and oxygen atoms in total. The minimum atomic E-state index is -0.278. The third-order valence-electron chi connectivity index (χ3n) is 3.30. The molecule has 0 saturated heterocycles. The molecule has 4 heteroatoms. The summed E-state index contributed by atoms with van der Waals surface area (Å²) in [6.45, 7) is 3.90. The summed E-state index contributed by atoms with van der Waals surface area (Å²) in [6.07, 6.45) is 0. The maximum atomic E-state index is 13.0. The number of carbonyl (C=O) groups is 1. The second-order valence-electron chi connectivity index (χ2n) is 5.01. The van der Waals surface area contributed by atoms with E-state index >= 15 is 0 Å². The molecular weight excluding hydrogens is 267 g/mol. The van der Waals surface area contributed by atoms with Crippen LogP contribution in [-0.2, 0) is 4.79 Å². The van der Waals surface area contributed by atoms with Gasteiger partial charge in [-0.3, -0.25) is 4.79 Å². The van der Waals surface area contributed by atoms with Crippen LogP contribution in [0.15, 0.2) is 48.5 Å². The molecule has 0 radical (unpaired) electrons. The van der Waals surface area contributed by atoms with Crippen LogP contribution < -0.4 is 10.6 Å². The highest BCUT2D eigenvalue weighted by Gasteiger charge is 2.09. The number of anilines is 1. The highest BCUT2D eigenvalue weighted by atomic mass is 19.1. The number of rotatable bonds is 5. The van der Waals surface area contributed by atoms with Crippen LogP contribution in [0.4, 0.5) is 10.1 Å². The predicted octanol–water partition coefficient (Wildman–Crippen LogP) is 3.42. The normalized spacial score (nSPS) is 11.8. The zero-order valence-corrected chi connectivity index (χ0v) is 12.2. The maximum Gasteiger partial charge on any atom is 0.239 e. The third-order valence-corrected chi connectivity index (χ3v) is 3.30. The summed E-state index contributed by atoms with van der Waals surface area (Å²) < 4.78 is 13.0. The molecule has 1 amide bonds. The zero-order chi connectivity index (χ0) is 15.2. The predicted molar refractivity (Wildman–Crippen MR) is 82.6 cm³/mol. The van der Waals surface area contributed by atoms with Crippen molar-refractivity contribution in [3.05, 3.63) is 65.5 Å². The fourth-order valence-corrected chi connectivity index (χ4v) is 2.12. The van der Waals surface area contributed by atoms with Gasteiger partial charge in [-0.05, 0) is 43.2 Å². The van der Waals surface area contributed by atoms with Crippen molar-refractivity contribution in [2.24, 2.45) is 0 Å². The molecule has 0 aliphatic rings. The molecule has 0 fully saturated rings. The van der Waals surface area contributed by atoms with E-state index in [-0.39, 0.29) is 24.3 Å². The monoisotopic (exact) mass is 286 g/mol. The molecule has 0 aliphatic carbocycles. The van der Waals surface area contributed by atoms with E-state index in [1.165, 1.54) is 12.1 Å². The number of halogens is 1. The van der Waals surface area contributed by atoms with E-state index in [0.29, 0.717) is 0 Å². The standard InChI is InChI=1S/C17H19FN2O/c1-12-10-15(18)8-9-16(12)19-11-17(21)20-13(2)14-6-4-3-5-7-14/h3-10,13,19H,11H2,1-2H3,(H,20,21). The van der Waals surface area contributed by atoms with Crippen molar-refractivity contribution in [1.82, 2.24) is 5.32 Å². The molecule has 0 aromatic heterocycles. The number of amides is 1. The largest absolute Gasteiger partial charge is 0.376 e. The Balaban J connectivity index is 1.87.